The first-order valence-corrected chi connectivity index (χ1v) is 9.27. The fraction of sp³-hybridized carbons (Fsp3) is 0.316. The zero-order chi connectivity index (χ0) is 18.0. The lowest BCUT2D eigenvalue weighted by atomic mass is 10.1. The van der Waals surface area contributed by atoms with Crippen LogP contribution in [0.25, 0.3) is 0 Å². The first kappa shape index (κ1) is 18.0. The molecule has 2 atom stereocenters. The highest BCUT2D eigenvalue weighted by Gasteiger charge is 2.36. The number of methoxy groups -OCH3 is 2. The van der Waals surface area contributed by atoms with Gasteiger partial charge in [-0.2, -0.15) is 0 Å². The summed E-state index contributed by atoms with van der Waals surface area (Å²) in [7, 11) is 7.54. The topological polar surface area (TPSA) is 24.9 Å². The third-order valence-corrected chi connectivity index (χ3v) is 6.33. The van der Waals surface area contributed by atoms with Crippen LogP contribution >= 0.6 is 24.0 Å². The second-order valence-corrected chi connectivity index (χ2v) is 7.65. The molecule has 2 aromatic rings. The van der Waals surface area contributed by atoms with Crippen molar-refractivity contribution in [1.82, 2.24) is 9.80 Å². The van der Waals surface area contributed by atoms with E-state index < -0.39 is 0 Å². The molecule has 0 spiro atoms. The van der Waals surface area contributed by atoms with Crippen LogP contribution in [0.4, 0.5) is 0 Å². The number of nitrogens with zero attached hydrogens (tertiary/aromatic N) is 2. The summed E-state index contributed by atoms with van der Waals surface area (Å²) < 4.78 is 11.4. The van der Waals surface area contributed by atoms with Crippen LogP contribution in [0.15, 0.2) is 48.5 Å². The van der Waals surface area contributed by atoms with E-state index in [0.717, 1.165) is 15.8 Å². The van der Waals surface area contributed by atoms with Crippen LogP contribution in [0.2, 0.25) is 0 Å². The third kappa shape index (κ3) is 3.61. The summed E-state index contributed by atoms with van der Waals surface area (Å²) in [5.41, 5.74) is 2.40. The van der Waals surface area contributed by atoms with E-state index >= 15 is 0 Å². The minimum Gasteiger partial charge on any atom is -0.497 e. The molecular formula is C19H22N2O2S2. The molecular weight excluding hydrogens is 352 g/mol. The van der Waals surface area contributed by atoms with E-state index in [1.807, 2.05) is 31.3 Å². The summed E-state index contributed by atoms with van der Waals surface area (Å²) in [4.78, 5) is 4.48. The second-order valence-electron chi connectivity index (χ2n) is 5.93. The molecule has 0 amide bonds. The molecule has 0 aromatic heterocycles. The Morgan fingerprint density at radius 3 is 1.80 bits per heavy atom. The fourth-order valence-electron chi connectivity index (χ4n) is 3.07. The molecule has 25 heavy (non-hydrogen) atoms. The number of thioether (sulfide) groups is 1. The van der Waals surface area contributed by atoms with Crippen molar-refractivity contribution in [3.63, 3.8) is 0 Å². The van der Waals surface area contributed by atoms with Gasteiger partial charge in [0.05, 0.1) is 19.6 Å². The van der Waals surface area contributed by atoms with E-state index in [4.69, 9.17) is 21.7 Å². The van der Waals surface area contributed by atoms with E-state index in [1.54, 1.807) is 26.0 Å². The van der Waals surface area contributed by atoms with Crippen molar-refractivity contribution < 1.29 is 9.47 Å². The Morgan fingerprint density at radius 1 is 0.840 bits per heavy atom. The number of benzene rings is 2. The molecule has 4 nitrogen and oxygen atoms in total. The summed E-state index contributed by atoms with van der Waals surface area (Å²) in [6.45, 7) is 0. The maximum atomic E-state index is 5.65. The lowest BCUT2D eigenvalue weighted by Crippen LogP contribution is -2.45. The summed E-state index contributed by atoms with van der Waals surface area (Å²) in [5.74, 6) is 1.71. The minimum absolute atomic E-state index is 0.0757. The number of ether oxygens (including phenoxy) is 2. The van der Waals surface area contributed by atoms with Gasteiger partial charge in [0.2, 0.25) is 0 Å². The van der Waals surface area contributed by atoms with Crippen LogP contribution in [-0.4, -0.2) is 42.4 Å². The van der Waals surface area contributed by atoms with Gasteiger partial charge in [0.25, 0.3) is 0 Å². The van der Waals surface area contributed by atoms with Gasteiger partial charge in [-0.1, -0.05) is 48.2 Å². The highest BCUT2D eigenvalue weighted by atomic mass is 32.2. The van der Waals surface area contributed by atoms with Crippen molar-refractivity contribution in [2.24, 2.45) is 0 Å². The Bertz CT molecular complexity index is 734. The van der Waals surface area contributed by atoms with E-state index in [-0.39, 0.29) is 11.5 Å². The molecule has 1 saturated heterocycles. The first-order chi connectivity index (χ1) is 12.0. The Morgan fingerprint density at radius 2 is 1.32 bits per heavy atom. The largest absolute Gasteiger partial charge is 0.497 e. The zero-order valence-electron chi connectivity index (χ0n) is 14.8. The van der Waals surface area contributed by atoms with Crippen LogP contribution in [-0.2, 0) is 0 Å². The van der Waals surface area contributed by atoms with Gasteiger partial charge >= 0.3 is 0 Å². The summed E-state index contributed by atoms with van der Waals surface area (Å²) >= 11 is 7.34. The van der Waals surface area contributed by atoms with E-state index in [2.05, 4.69) is 41.1 Å². The van der Waals surface area contributed by atoms with Gasteiger partial charge in [0, 0.05) is 7.05 Å². The molecule has 0 saturated carbocycles. The number of thiocarbonyl (C=S) groups is 1. The van der Waals surface area contributed by atoms with Gasteiger partial charge in [-0.25, -0.2) is 0 Å². The highest BCUT2D eigenvalue weighted by Crippen LogP contribution is 2.45. The Balaban J connectivity index is 1.92. The summed E-state index contributed by atoms with van der Waals surface area (Å²) in [6.07, 6.45) is 0.0757. The van der Waals surface area contributed by atoms with Crippen molar-refractivity contribution in [3.05, 3.63) is 59.7 Å². The monoisotopic (exact) mass is 374 g/mol. The Labute approximate surface area is 158 Å². The van der Waals surface area contributed by atoms with Crippen molar-refractivity contribution in [2.45, 2.75) is 11.5 Å². The molecule has 0 N–H and O–H groups in total. The van der Waals surface area contributed by atoms with Gasteiger partial charge in [0.15, 0.2) is 0 Å². The quantitative estimate of drug-likeness (QED) is 0.740. The first-order valence-electron chi connectivity index (χ1n) is 7.98. The molecule has 132 valence electrons. The molecule has 0 bridgehead atoms. The predicted molar refractivity (Wildman–Crippen MR) is 107 cm³/mol. The standard InChI is InChI=1S/C19H22N2O2S2/c1-20-17(13-5-9-15(22-3)10-6-13)21(2)19(24)25-18(20)14-7-11-16(23-4)12-8-14/h5-12,17-18H,1-4H3/t17-,18-/m1/s1. The molecule has 1 aliphatic rings. The van der Waals surface area contributed by atoms with Gasteiger partial charge in [0.1, 0.15) is 22.0 Å². The Kier molecular flexibility index (Phi) is 5.51. The molecule has 6 heteroatoms. The number of rotatable bonds is 4. The van der Waals surface area contributed by atoms with Crippen molar-refractivity contribution in [2.75, 3.05) is 28.3 Å². The van der Waals surface area contributed by atoms with Crippen molar-refractivity contribution in [3.8, 4) is 11.5 Å². The lowest BCUT2D eigenvalue weighted by Gasteiger charge is -2.46. The van der Waals surface area contributed by atoms with E-state index in [0.29, 0.717) is 0 Å². The number of hydrogen-bond donors (Lipinski definition) is 0. The molecule has 2 aromatic carbocycles. The lowest BCUT2D eigenvalue weighted by molar-refractivity contribution is 0.122. The third-order valence-electron chi connectivity index (χ3n) is 4.44. The maximum absolute atomic E-state index is 5.65. The van der Waals surface area contributed by atoms with E-state index in [9.17, 15) is 0 Å². The van der Waals surface area contributed by atoms with Gasteiger partial charge in [-0.15, -0.1) is 0 Å². The van der Waals surface area contributed by atoms with Crippen LogP contribution in [0, 0.1) is 0 Å². The van der Waals surface area contributed by atoms with Crippen molar-refractivity contribution >= 4 is 28.3 Å². The smallest absolute Gasteiger partial charge is 0.139 e. The van der Waals surface area contributed by atoms with E-state index in [1.165, 1.54) is 11.1 Å². The summed E-state index contributed by atoms with van der Waals surface area (Å²) in [6, 6.07) is 16.4. The van der Waals surface area contributed by atoms with Gasteiger partial charge in [-0.05, 0) is 42.4 Å². The molecule has 1 aliphatic heterocycles. The Hall–Kier alpha value is -1.76. The molecule has 0 unspecified atom stereocenters. The average molecular weight is 375 g/mol. The molecule has 3 rings (SSSR count). The predicted octanol–water partition coefficient (Wildman–Crippen LogP) is 4.30. The SMILES string of the molecule is COc1ccc([C@H]2SC(=S)N(C)[C@H](c3ccc(OC)cc3)N2C)cc1. The molecule has 0 aliphatic carbocycles. The van der Waals surface area contributed by atoms with Crippen LogP contribution in [0.1, 0.15) is 22.7 Å². The zero-order valence-corrected chi connectivity index (χ0v) is 16.4. The normalized spacial score (nSPS) is 21.3. The van der Waals surface area contributed by atoms with Crippen LogP contribution < -0.4 is 9.47 Å². The number of hydrogen-bond acceptors (Lipinski definition) is 5. The van der Waals surface area contributed by atoms with Crippen LogP contribution in [0.3, 0.4) is 0 Å². The highest BCUT2D eigenvalue weighted by molar-refractivity contribution is 8.23. The van der Waals surface area contributed by atoms with Gasteiger partial charge in [-0.3, -0.25) is 4.90 Å². The molecule has 1 fully saturated rings. The van der Waals surface area contributed by atoms with Gasteiger partial charge < -0.3 is 14.4 Å². The van der Waals surface area contributed by atoms with Crippen LogP contribution in [0.5, 0.6) is 11.5 Å². The second kappa shape index (κ2) is 7.64. The maximum Gasteiger partial charge on any atom is 0.139 e. The summed E-state index contributed by atoms with van der Waals surface area (Å²) in [5, 5.41) is 0.154. The molecule has 1 heterocycles. The van der Waals surface area contributed by atoms with Crippen molar-refractivity contribution in [1.29, 1.82) is 0 Å². The molecule has 0 radical (unpaired) electrons. The average Bonchev–Trinajstić information content (AvgIpc) is 2.65. The minimum atomic E-state index is 0.0757. The fourth-order valence-corrected chi connectivity index (χ4v) is 4.47.